The third-order valence-electron chi connectivity index (χ3n) is 4.35. The van der Waals surface area contributed by atoms with Gasteiger partial charge in [-0.25, -0.2) is 9.37 Å². The van der Waals surface area contributed by atoms with Crippen molar-refractivity contribution in [2.24, 2.45) is 0 Å². The first kappa shape index (κ1) is 18.8. The van der Waals surface area contributed by atoms with E-state index in [9.17, 15) is 14.0 Å². The van der Waals surface area contributed by atoms with E-state index in [1.54, 1.807) is 9.80 Å². The van der Waals surface area contributed by atoms with Gasteiger partial charge >= 0.3 is 0 Å². The summed E-state index contributed by atoms with van der Waals surface area (Å²) < 4.78 is 13.9. The van der Waals surface area contributed by atoms with Crippen LogP contribution in [0.3, 0.4) is 0 Å². The normalized spacial score (nSPS) is 14.6. The van der Waals surface area contributed by atoms with Gasteiger partial charge in [-0.3, -0.25) is 9.59 Å². The quantitative estimate of drug-likeness (QED) is 0.800. The molecule has 8 heteroatoms. The Morgan fingerprint density at radius 3 is 2.38 bits per heavy atom. The highest BCUT2D eigenvalue weighted by Crippen LogP contribution is 2.22. The Hall–Kier alpha value is -1.99. The van der Waals surface area contributed by atoms with E-state index in [1.807, 2.05) is 13.8 Å². The highest BCUT2D eigenvalue weighted by Gasteiger charge is 2.28. The molecule has 1 fully saturated rings. The number of thiazole rings is 1. The van der Waals surface area contributed by atoms with Crippen molar-refractivity contribution in [3.63, 3.8) is 0 Å². The summed E-state index contributed by atoms with van der Waals surface area (Å²) in [6.45, 7) is 5.37. The zero-order valence-corrected chi connectivity index (χ0v) is 16.2. The number of amides is 2. The first-order valence-electron chi connectivity index (χ1n) is 8.40. The molecule has 3 rings (SSSR count). The summed E-state index contributed by atoms with van der Waals surface area (Å²) in [6, 6.07) is 3.93. The third kappa shape index (κ3) is 3.73. The number of hydrogen-bond donors (Lipinski definition) is 0. The van der Waals surface area contributed by atoms with E-state index in [0.29, 0.717) is 36.1 Å². The molecule has 2 heterocycles. The number of rotatable bonds is 3. The van der Waals surface area contributed by atoms with Crippen molar-refractivity contribution in [2.45, 2.75) is 20.3 Å². The van der Waals surface area contributed by atoms with E-state index in [1.165, 1.54) is 29.5 Å². The van der Waals surface area contributed by atoms with Crippen LogP contribution in [0.15, 0.2) is 18.2 Å². The van der Waals surface area contributed by atoms with Crippen molar-refractivity contribution in [3.05, 3.63) is 50.2 Å². The van der Waals surface area contributed by atoms with Crippen LogP contribution in [0.25, 0.3) is 0 Å². The van der Waals surface area contributed by atoms with Gasteiger partial charge in [0.2, 0.25) is 0 Å². The molecule has 0 saturated carbocycles. The number of hydrogen-bond acceptors (Lipinski definition) is 4. The Morgan fingerprint density at radius 2 is 1.81 bits per heavy atom. The monoisotopic (exact) mass is 395 g/mol. The Bertz CT molecular complexity index is 847. The Kier molecular flexibility index (Phi) is 5.58. The fourth-order valence-electron chi connectivity index (χ4n) is 2.89. The number of carbonyl (C=O) groups is 2. The highest BCUT2D eigenvalue weighted by atomic mass is 35.5. The predicted octanol–water partition coefficient (Wildman–Crippen LogP) is 3.40. The molecule has 0 atom stereocenters. The first-order valence-corrected chi connectivity index (χ1v) is 9.60. The molecule has 0 N–H and O–H groups in total. The fourth-order valence-corrected chi connectivity index (χ4v) is 4.03. The van der Waals surface area contributed by atoms with Crippen molar-refractivity contribution in [1.82, 2.24) is 14.8 Å². The molecule has 0 spiro atoms. The molecule has 138 valence electrons. The molecular formula is C18H19ClFN3O2S. The number of piperazine rings is 1. The largest absolute Gasteiger partial charge is 0.335 e. The zero-order valence-electron chi connectivity index (χ0n) is 14.6. The van der Waals surface area contributed by atoms with Crippen LogP contribution >= 0.6 is 22.9 Å². The van der Waals surface area contributed by atoms with E-state index in [-0.39, 0.29) is 11.5 Å². The molecule has 26 heavy (non-hydrogen) atoms. The average molecular weight is 396 g/mol. The minimum absolute atomic E-state index is 0.0387. The van der Waals surface area contributed by atoms with Crippen LogP contribution in [-0.2, 0) is 6.42 Å². The van der Waals surface area contributed by atoms with Crippen LogP contribution in [0, 0.1) is 12.7 Å². The van der Waals surface area contributed by atoms with Gasteiger partial charge in [-0.2, -0.15) is 0 Å². The average Bonchev–Trinajstić information content (AvgIpc) is 3.03. The van der Waals surface area contributed by atoms with Gasteiger partial charge in [0.25, 0.3) is 11.8 Å². The van der Waals surface area contributed by atoms with Crippen molar-refractivity contribution in [2.75, 3.05) is 26.2 Å². The van der Waals surface area contributed by atoms with Crippen molar-refractivity contribution >= 4 is 34.8 Å². The maximum Gasteiger partial charge on any atom is 0.265 e. The molecule has 0 aliphatic carbocycles. The van der Waals surface area contributed by atoms with Gasteiger partial charge in [0.05, 0.1) is 16.3 Å². The topological polar surface area (TPSA) is 53.5 Å². The van der Waals surface area contributed by atoms with Crippen LogP contribution in [0.1, 0.15) is 37.7 Å². The minimum Gasteiger partial charge on any atom is -0.335 e. The fraction of sp³-hybridized carbons (Fsp3) is 0.389. The van der Waals surface area contributed by atoms with Crippen LogP contribution in [-0.4, -0.2) is 52.8 Å². The summed E-state index contributed by atoms with van der Waals surface area (Å²) in [7, 11) is 0. The molecule has 1 aromatic heterocycles. The second-order valence-electron chi connectivity index (χ2n) is 6.08. The number of aryl methyl sites for hydroxylation is 2. The Labute approximate surface area is 160 Å². The first-order chi connectivity index (χ1) is 12.4. The molecule has 2 aromatic rings. The minimum atomic E-state index is -0.592. The lowest BCUT2D eigenvalue weighted by Crippen LogP contribution is -2.50. The van der Waals surface area contributed by atoms with Gasteiger partial charge in [0.1, 0.15) is 10.7 Å². The highest BCUT2D eigenvalue weighted by molar-refractivity contribution is 7.13. The summed E-state index contributed by atoms with van der Waals surface area (Å²) in [6.07, 6.45) is 0.798. The molecule has 1 aliphatic rings. The number of halogens is 2. The molecule has 5 nitrogen and oxygen atoms in total. The van der Waals surface area contributed by atoms with Crippen LogP contribution in [0.2, 0.25) is 5.02 Å². The van der Waals surface area contributed by atoms with E-state index in [4.69, 9.17) is 11.6 Å². The van der Waals surface area contributed by atoms with Crippen LogP contribution in [0.4, 0.5) is 4.39 Å². The second-order valence-corrected chi connectivity index (χ2v) is 7.60. The summed E-state index contributed by atoms with van der Waals surface area (Å²) in [5, 5.41) is 1.26. The molecule has 0 radical (unpaired) electrons. The van der Waals surface area contributed by atoms with E-state index in [0.717, 1.165) is 17.1 Å². The predicted molar refractivity (Wildman–Crippen MR) is 99.4 cm³/mol. The molecular weight excluding hydrogens is 377 g/mol. The third-order valence-corrected chi connectivity index (χ3v) is 5.88. The van der Waals surface area contributed by atoms with Gasteiger partial charge in [-0.15, -0.1) is 11.3 Å². The zero-order chi connectivity index (χ0) is 18.8. The maximum absolute atomic E-state index is 13.9. The van der Waals surface area contributed by atoms with Crippen molar-refractivity contribution in [3.8, 4) is 0 Å². The number of carbonyl (C=O) groups excluding carboxylic acids is 2. The van der Waals surface area contributed by atoms with Crippen LogP contribution < -0.4 is 0 Å². The summed E-state index contributed by atoms with van der Waals surface area (Å²) in [5.41, 5.74) is 0.708. The lowest BCUT2D eigenvalue weighted by molar-refractivity contribution is 0.0535. The molecule has 0 unspecified atom stereocenters. The lowest BCUT2D eigenvalue weighted by Gasteiger charge is -2.34. The van der Waals surface area contributed by atoms with Gasteiger partial charge in [0, 0.05) is 31.2 Å². The van der Waals surface area contributed by atoms with E-state index < -0.39 is 11.7 Å². The van der Waals surface area contributed by atoms with Crippen LogP contribution in [0.5, 0.6) is 0 Å². The van der Waals surface area contributed by atoms with E-state index in [2.05, 4.69) is 4.98 Å². The molecule has 2 amide bonds. The van der Waals surface area contributed by atoms with Gasteiger partial charge < -0.3 is 9.80 Å². The lowest BCUT2D eigenvalue weighted by atomic mass is 10.1. The summed E-state index contributed by atoms with van der Waals surface area (Å²) >= 11 is 7.29. The number of benzene rings is 1. The van der Waals surface area contributed by atoms with Gasteiger partial charge in [-0.1, -0.05) is 18.5 Å². The Balaban J connectivity index is 1.67. The maximum atomic E-state index is 13.9. The van der Waals surface area contributed by atoms with Crippen molar-refractivity contribution in [1.29, 1.82) is 0 Å². The molecule has 0 bridgehead atoms. The van der Waals surface area contributed by atoms with Crippen molar-refractivity contribution < 1.29 is 14.0 Å². The van der Waals surface area contributed by atoms with Gasteiger partial charge in [-0.05, 0) is 31.5 Å². The number of nitrogens with zero attached hydrogens (tertiary/aromatic N) is 3. The van der Waals surface area contributed by atoms with Gasteiger partial charge in [0.15, 0.2) is 0 Å². The second kappa shape index (κ2) is 7.72. The Morgan fingerprint density at radius 1 is 1.19 bits per heavy atom. The molecule has 1 saturated heterocycles. The number of aromatic nitrogens is 1. The smallest absolute Gasteiger partial charge is 0.265 e. The molecule has 1 aromatic carbocycles. The molecule has 1 aliphatic heterocycles. The standard InChI is InChI=1S/C18H19ClFN3O2S/c1-3-15-21-11(2)16(26-15)18(25)23-8-6-22(7-9-23)17(24)13-10-12(19)4-5-14(13)20/h4-5,10H,3,6-9H2,1-2H3. The summed E-state index contributed by atoms with van der Waals surface area (Å²) in [5.74, 6) is -1.05. The summed E-state index contributed by atoms with van der Waals surface area (Å²) in [4.78, 5) is 33.6. The SMILES string of the molecule is CCc1nc(C)c(C(=O)N2CCN(C(=O)c3cc(Cl)ccc3F)CC2)s1. The van der Waals surface area contributed by atoms with E-state index >= 15 is 0 Å².